The predicted octanol–water partition coefficient (Wildman–Crippen LogP) is 4.41. The predicted molar refractivity (Wildman–Crippen MR) is 124 cm³/mol. The maximum atomic E-state index is 12.7. The lowest BCUT2D eigenvalue weighted by atomic mass is 10.1. The maximum Gasteiger partial charge on any atom is 0.258 e. The standard InChI is InChI=1S/C24H16N7O2/c1-2-16-8-10-17(11-9-16)21(32)26-23-28-24(31(30-23)20-6-4-3-5-7-20)27-22(33)18-12-14-19(29-25)15-13-18/h1,3-15H,(H2,26,27,28,30,32,33)/q-1. The molecule has 4 rings (SSSR count). The Morgan fingerprint density at radius 1 is 0.879 bits per heavy atom. The van der Waals surface area contributed by atoms with E-state index in [1.165, 1.54) is 28.9 Å². The second-order valence-corrected chi connectivity index (χ2v) is 6.78. The second-order valence-electron chi connectivity index (χ2n) is 6.78. The Hall–Kier alpha value is -5.10. The Morgan fingerprint density at radius 2 is 1.48 bits per heavy atom. The second kappa shape index (κ2) is 9.36. The van der Waals surface area contributed by atoms with Crippen LogP contribution in [-0.4, -0.2) is 26.6 Å². The number of aromatic nitrogens is 3. The molecule has 33 heavy (non-hydrogen) atoms. The van der Waals surface area contributed by atoms with E-state index >= 15 is 0 Å². The summed E-state index contributed by atoms with van der Waals surface area (Å²) in [6.45, 7) is 0. The summed E-state index contributed by atoms with van der Waals surface area (Å²) in [7, 11) is 0. The van der Waals surface area contributed by atoms with Crippen LogP contribution in [0.4, 0.5) is 17.6 Å². The van der Waals surface area contributed by atoms with Gasteiger partial charge in [0, 0.05) is 22.4 Å². The van der Waals surface area contributed by atoms with E-state index in [2.05, 4.69) is 31.8 Å². The summed E-state index contributed by atoms with van der Waals surface area (Å²) in [5.74, 6) is 1.73. The van der Waals surface area contributed by atoms with Crippen LogP contribution >= 0.6 is 0 Å². The molecule has 160 valence electrons. The molecule has 0 saturated carbocycles. The Bertz CT molecular complexity index is 1350. The van der Waals surface area contributed by atoms with E-state index in [0.29, 0.717) is 28.1 Å². The Kier molecular flexibility index (Phi) is 6.00. The van der Waals surface area contributed by atoms with Crippen LogP contribution in [0.25, 0.3) is 11.2 Å². The van der Waals surface area contributed by atoms with E-state index in [1.807, 2.05) is 18.2 Å². The van der Waals surface area contributed by atoms with Crippen molar-refractivity contribution < 1.29 is 9.59 Å². The first kappa shape index (κ1) is 21.1. The summed E-state index contributed by atoms with van der Waals surface area (Å²) in [6.07, 6.45) is 5.35. The number of hydrogen-bond donors (Lipinski definition) is 2. The van der Waals surface area contributed by atoms with Crippen LogP contribution in [0.1, 0.15) is 26.3 Å². The van der Waals surface area contributed by atoms with E-state index in [9.17, 15) is 9.59 Å². The van der Waals surface area contributed by atoms with Gasteiger partial charge in [-0.2, -0.15) is 9.67 Å². The molecular formula is C24H16N7O2-. The number of carbonyl (C=O) groups is 2. The fourth-order valence-corrected chi connectivity index (χ4v) is 2.94. The summed E-state index contributed by atoms with van der Waals surface area (Å²) in [6, 6.07) is 21.6. The van der Waals surface area contributed by atoms with E-state index in [-0.39, 0.29) is 11.9 Å². The highest BCUT2D eigenvalue weighted by Gasteiger charge is 2.17. The Labute approximate surface area is 189 Å². The highest BCUT2D eigenvalue weighted by molar-refractivity contribution is 6.05. The minimum absolute atomic E-state index is 0.00890. The number of rotatable bonds is 6. The lowest BCUT2D eigenvalue weighted by Gasteiger charge is -2.07. The normalized spacial score (nSPS) is 10.2. The number of para-hydroxylation sites is 1. The number of nitrogens with zero attached hydrogens (tertiary/aromatic N) is 5. The lowest BCUT2D eigenvalue weighted by molar-refractivity contribution is 0.101. The van der Waals surface area contributed by atoms with Crippen LogP contribution in [0.2, 0.25) is 0 Å². The van der Waals surface area contributed by atoms with Crippen molar-refractivity contribution in [1.82, 2.24) is 14.8 Å². The number of anilines is 2. The zero-order valence-corrected chi connectivity index (χ0v) is 17.1. The first-order valence-electron chi connectivity index (χ1n) is 9.74. The lowest BCUT2D eigenvalue weighted by Crippen LogP contribution is -2.15. The molecule has 0 aliphatic rings. The van der Waals surface area contributed by atoms with Crippen LogP contribution in [0.15, 0.2) is 84.0 Å². The topological polar surface area (TPSA) is 124 Å². The quantitative estimate of drug-likeness (QED) is 0.345. The van der Waals surface area contributed by atoms with Gasteiger partial charge in [0.05, 0.1) is 5.69 Å². The summed E-state index contributed by atoms with van der Waals surface area (Å²) < 4.78 is 1.41. The molecule has 1 aromatic heterocycles. The molecule has 0 aliphatic heterocycles. The fourth-order valence-electron chi connectivity index (χ4n) is 2.94. The van der Waals surface area contributed by atoms with Crippen molar-refractivity contribution in [3.63, 3.8) is 0 Å². The third-order valence-corrected chi connectivity index (χ3v) is 4.62. The van der Waals surface area contributed by atoms with Gasteiger partial charge in [-0.25, -0.2) is 0 Å². The van der Waals surface area contributed by atoms with E-state index in [0.717, 1.165) is 0 Å². The van der Waals surface area contributed by atoms with Crippen molar-refractivity contribution in [1.29, 1.82) is 0 Å². The number of amides is 2. The minimum Gasteiger partial charge on any atom is -0.706 e. The van der Waals surface area contributed by atoms with Gasteiger partial charge in [-0.1, -0.05) is 24.1 Å². The maximum absolute atomic E-state index is 12.7. The van der Waals surface area contributed by atoms with Gasteiger partial charge >= 0.3 is 0 Å². The summed E-state index contributed by atoms with van der Waals surface area (Å²) in [5.41, 5.74) is 11.1. The van der Waals surface area contributed by atoms with Crippen LogP contribution in [0.5, 0.6) is 0 Å². The number of carbonyl (C=O) groups excluding carboxylic acids is 2. The third-order valence-electron chi connectivity index (χ3n) is 4.62. The van der Waals surface area contributed by atoms with Crippen LogP contribution < -0.4 is 10.6 Å². The molecule has 4 aromatic rings. The number of terminal acetylenes is 1. The van der Waals surface area contributed by atoms with Gasteiger partial charge < -0.3 is 10.6 Å². The van der Waals surface area contributed by atoms with E-state index in [1.54, 1.807) is 36.4 Å². The first-order valence-corrected chi connectivity index (χ1v) is 9.74. The number of hydrogen-bond acceptors (Lipinski definition) is 5. The first-order chi connectivity index (χ1) is 16.1. The van der Waals surface area contributed by atoms with Gasteiger partial charge in [0.1, 0.15) is 0 Å². The third kappa shape index (κ3) is 4.81. The van der Waals surface area contributed by atoms with Crippen molar-refractivity contribution in [3.8, 4) is 18.0 Å². The molecule has 0 spiro atoms. The average Bonchev–Trinajstić information content (AvgIpc) is 3.26. The molecule has 0 saturated heterocycles. The van der Waals surface area contributed by atoms with Crippen LogP contribution in [-0.2, 0) is 0 Å². The van der Waals surface area contributed by atoms with E-state index in [4.69, 9.17) is 12.0 Å². The van der Waals surface area contributed by atoms with Crippen molar-refractivity contribution in [3.05, 3.63) is 101 Å². The van der Waals surface area contributed by atoms with Gasteiger partial charge in [0.2, 0.25) is 5.95 Å². The molecule has 0 unspecified atom stereocenters. The van der Waals surface area contributed by atoms with Crippen LogP contribution in [0.3, 0.4) is 0 Å². The molecule has 9 heteroatoms. The zero-order valence-electron chi connectivity index (χ0n) is 17.1. The van der Waals surface area contributed by atoms with Gasteiger partial charge in [0.25, 0.3) is 17.8 Å². The summed E-state index contributed by atoms with van der Waals surface area (Å²) in [4.78, 5) is 29.6. The number of nitrogens with one attached hydrogen (secondary N) is 2. The van der Waals surface area contributed by atoms with Crippen LogP contribution in [0, 0.1) is 12.3 Å². The average molecular weight is 434 g/mol. The molecule has 3 aromatic carbocycles. The zero-order chi connectivity index (χ0) is 23.2. The molecule has 0 bridgehead atoms. The van der Waals surface area contributed by atoms with Crippen molar-refractivity contribution in [2.45, 2.75) is 0 Å². The minimum atomic E-state index is -0.452. The summed E-state index contributed by atoms with van der Waals surface area (Å²) >= 11 is 0. The highest BCUT2D eigenvalue weighted by Crippen LogP contribution is 2.19. The molecule has 0 atom stereocenters. The Morgan fingerprint density at radius 3 is 2.09 bits per heavy atom. The molecule has 1 heterocycles. The highest BCUT2D eigenvalue weighted by atomic mass is 16.2. The molecule has 2 N–H and O–H groups in total. The van der Waals surface area contributed by atoms with Crippen molar-refractivity contribution in [2.24, 2.45) is 5.11 Å². The molecule has 9 nitrogen and oxygen atoms in total. The van der Waals surface area contributed by atoms with Crippen molar-refractivity contribution >= 4 is 29.4 Å². The molecule has 0 aliphatic carbocycles. The summed E-state index contributed by atoms with van der Waals surface area (Å²) in [5, 5.41) is 12.7. The molecule has 2 amide bonds. The molecule has 0 radical (unpaired) electrons. The number of benzene rings is 3. The van der Waals surface area contributed by atoms with Gasteiger partial charge in [-0.05, 0) is 60.7 Å². The van der Waals surface area contributed by atoms with Gasteiger partial charge in [0.15, 0.2) is 0 Å². The van der Waals surface area contributed by atoms with Crippen molar-refractivity contribution in [2.75, 3.05) is 10.6 Å². The molecule has 0 fully saturated rings. The fraction of sp³-hybridized carbons (Fsp3) is 0. The smallest absolute Gasteiger partial charge is 0.258 e. The van der Waals surface area contributed by atoms with Gasteiger partial charge in [-0.15, -0.1) is 11.5 Å². The monoisotopic (exact) mass is 434 g/mol. The Balaban J connectivity index is 1.61. The molecular weight excluding hydrogens is 418 g/mol. The largest absolute Gasteiger partial charge is 0.706 e. The van der Waals surface area contributed by atoms with E-state index < -0.39 is 11.8 Å². The SMILES string of the molecule is C#Cc1ccc(C(=O)Nc2nc(NC(=O)c3ccc(N=[N-])cc3)n(-c3ccccc3)n2)cc1. The van der Waals surface area contributed by atoms with Gasteiger partial charge in [-0.3, -0.25) is 20.2 Å².